The zero-order valence-corrected chi connectivity index (χ0v) is 15.1. The number of aromatic carboxylic acids is 1. The number of carbonyl (C=O) groups is 2. The number of pyridine rings is 1. The lowest BCUT2D eigenvalue weighted by molar-refractivity contribution is 0.0696. The van der Waals surface area contributed by atoms with Crippen LogP contribution in [-0.4, -0.2) is 35.1 Å². The van der Waals surface area contributed by atoms with Gasteiger partial charge in [0.1, 0.15) is 11.5 Å². The number of carboxylic acid groups (broad SMARTS) is 1. The Hall–Kier alpha value is -2.60. The summed E-state index contributed by atoms with van der Waals surface area (Å²) in [6.07, 6.45) is 0. The first-order valence-electron chi connectivity index (χ1n) is 7.93. The molecule has 1 heterocycles. The van der Waals surface area contributed by atoms with Crippen molar-refractivity contribution < 1.29 is 14.7 Å². The van der Waals surface area contributed by atoms with E-state index in [9.17, 15) is 9.59 Å². The number of halogens is 1. The number of rotatable bonds is 6. The van der Waals surface area contributed by atoms with Gasteiger partial charge in [-0.2, -0.15) is 0 Å². The van der Waals surface area contributed by atoms with Crippen LogP contribution in [0.25, 0.3) is 0 Å². The fourth-order valence-corrected chi connectivity index (χ4v) is 2.69. The summed E-state index contributed by atoms with van der Waals surface area (Å²) in [5, 5.41) is 12.2. The van der Waals surface area contributed by atoms with Gasteiger partial charge in [0.25, 0.3) is 5.91 Å². The van der Waals surface area contributed by atoms with E-state index in [0.717, 1.165) is 13.1 Å². The van der Waals surface area contributed by atoms with Gasteiger partial charge in [-0.05, 0) is 56.7 Å². The van der Waals surface area contributed by atoms with Crippen LogP contribution in [0.1, 0.15) is 40.3 Å². The third-order valence-electron chi connectivity index (χ3n) is 3.81. The second kappa shape index (κ2) is 7.98. The maximum Gasteiger partial charge on any atom is 0.335 e. The van der Waals surface area contributed by atoms with Gasteiger partial charge in [-0.1, -0.05) is 11.6 Å². The Morgan fingerprint density at radius 3 is 2.44 bits per heavy atom. The smallest absolute Gasteiger partial charge is 0.335 e. The van der Waals surface area contributed by atoms with Crippen molar-refractivity contribution in [3.05, 3.63) is 52.2 Å². The summed E-state index contributed by atoms with van der Waals surface area (Å²) >= 11 is 6.12. The summed E-state index contributed by atoms with van der Waals surface area (Å²) in [7, 11) is 0. The first kappa shape index (κ1) is 18.7. The van der Waals surface area contributed by atoms with Gasteiger partial charge in [-0.3, -0.25) is 4.79 Å². The molecule has 0 aliphatic heterocycles. The molecule has 2 aromatic rings. The van der Waals surface area contributed by atoms with E-state index in [-0.39, 0.29) is 11.3 Å². The molecule has 0 spiro atoms. The summed E-state index contributed by atoms with van der Waals surface area (Å²) in [5.41, 5.74) is 1.46. The lowest BCUT2D eigenvalue weighted by atomic mass is 10.1. The Labute approximate surface area is 151 Å². The zero-order chi connectivity index (χ0) is 18.6. The van der Waals surface area contributed by atoms with Gasteiger partial charge in [0.2, 0.25) is 0 Å². The van der Waals surface area contributed by atoms with Crippen molar-refractivity contribution in [2.75, 3.05) is 23.3 Å². The molecule has 6 nitrogen and oxygen atoms in total. The lowest BCUT2D eigenvalue weighted by Gasteiger charge is -2.20. The molecule has 1 aromatic carbocycles. The zero-order valence-electron chi connectivity index (χ0n) is 14.3. The van der Waals surface area contributed by atoms with E-state index >= 15 is 0 Å². The summed E-state index contributed by atoms with van der Waals surface area (Å²) in [4.78, 5) is 29.9. The first-order chi connectivity index (χ1) is 11.8. The van der Waals surface area contributed by atoms with Crippen molar-refractivity contribution in [2.45, 2.75) is 20.8 Å². The largest absolute Gasteiger partial charge is 0.478 e. The van der Waals surface area contributed by atoms with Crippen LogP contribution < -0.4 is 10.2 Å². The lowest BCUT2D eigenvalue weighted by Crippen LogP contribution is -2.24. The second-order valence-electron chi connectivity index (χ2n) is 5.49. The Bertz CT molecular complexity index is 804. The standard InChI is InChI=1S/C18H20ClN3O3/c1-4-22(5-2)16-10-12(19)9-15(21-16)17(23)20-13-6-7-14(18(24)25)11(3)8-13/h6-10H,4-5H2,1-3H3,(H,20,23)(H,24,25). The summed E-state index contributed by atoms with van der Waals surface area (Å²) in [6, 6.07) is 7.83. The number of hydrogen-bond acceptors (Lipinski definition) is 4. The number of benzene rings is 1. The number of hydrogen-bond donors (Lipinski definition) is 2. The highest BCUT2D eigenvalue weighted by molar-refractivity contribution is 6.31. The number of anilines is 2. The van der Waals surface area contributed by atoms with Crippen LogP contribution in [0.15, 0.2) is 30.3 Å². The maximum atomic E-state index is 12.5. The van der Waals surface area contributed by atoms with Crippen LogP contribution in [-0.2, 0) is 0 Å². The van der Waals surface area contributed by atoms with Crippen molar-refractivity contribution in [1.82, 2.24) is 4.98 Å². The van der Waals surface area contributed by atoms with Gasteiger partial charge in [0.05, 0.1) is 5.56 Å². The molecule has 0 saturated heterocycles. The van der Waals surface area contributed by atoms with Crippen LogP contribution in [0.4, 0.5) is 11.5 Å². The van der Waals surface area contributed by atoms with Crippen molar-refractivity contribution in [1.29, 1.82) is 0 Å². The second-order valence-corrected chi connectivity index (χ2v) is 5.93. The number of carbonyl (C=O) groups excluding carboxylic acids is 1. The van der Waals surface area contributed by atoms with E-state index in [4.69, 9.17) is 16.7 Å². The van der Waals surface area contributed by atoms with E-state index in [1.165, 1.54) is 12.1 Å². The topological polar surface area (TPSA) is 82.5 Å². The molecule has 132 valence electrons. The highest BCUT2D eigenvalue weighted by atomic mass is 35.5. The quantitative estimate of drug-likeness (QED) is 0.816. The third kappa shape index (κ3) is 4.48. The molecule has 0 atom stereocenters. The molecule has 0 radical (unpaired) electrons. The van der Waals surface area contributed by atoms with Crippen LogP contribution in [0.5, 0.6) is 0 Å². The van der Waals surface area contributed by atoms with E-state index < -0.39 is 11.9 Å². The molecular weight excluding hydrogens is 342 g/mol. The fraction of sp³-hybridized carbons (Fsp3) is 0.278. The predicted molar refractivity (Wildman–Crippen MR) is 98.9 cm³/mol. The molecular formula is C18H20ClN3O3. The van der Waals surface area contributed by atoms with Crippen LogP contribution in [0, 0.1) is 6.92 Å². The minimum atomic E-state index is -1.00. The molecule has 1 amide bonds. The molecule has 25 heavy (non-hydrogen) atoms. The number of aryl methyl sites for hydroxylation is 1. The van der Waals surface area contributed by atoms with E-state index in [0.29, 0.717) is 22.1 Å². The average Bonchev–Trinajstić information content (AvgIpc) is 2.55. The van der Waals surface area contributed by atoms with Crippen molar-refractivity contribution in [3.8, 4) is 0 Å². The molecule has 0 aliphatic rings. The average molecular weight is 362 g/mol. The molecule has 0 unspecified atom stereocenters. The van der Waals surface area contributed by atoms with Gasteiger partial charge in [0.15, 0.2) is 0 Å². The highest BCUT2D eigenvalue weighted by Crippen LogP contribution is 2.21. The summed E-state index contributed by atoms with van der Waals surface area (Å²) in [5.74, 6) is -0.769. The number of nitrogens with zero attached hydrogens (tertiary/aromatic N) is 2. The summed E-state index contributed by atoms with van der Waals surface area (Å²) < 4.78 is 0. The fourth-order valence-electron chi connectivity index (χ4n) is 2.49. The van der Waals surface area contributed by atoms with E-state index in [1.54, 1.807) is 25.1 Å². The molecule has 1 aromatic heterocycles. The van der Waals surface area contributed by atoms with Crippen molar-refractivity contribution in [2.24, 2.45) is 0 Å². The minimum absolute atomic E-state index is 0.197. The minimum Gasteiger partial charge on any atom is -0.478 e. The molecule has 0 bridgehead atoms. The Kier molecular flexibility index (Phi) is 5.98. The van der Waals surface area contributed by atoms with Crippen LogP contribution in [0.3, 0.4) is 0 Å². The van der Waals surface area contributed by atoms with Crippen molar-refractivity contribution in [3.63, 3.8) is 0 Å². The number of carboxylic acids is 1. The SMILES string of the molecule is CCN(CC)c1cc(Cl)cc(C(=O)Nc2ccc(C(=O)O)c(C)c2)n1. The van der Waals surface area contributed by atoms with Gasteiger partial charge in [-0.25, -0.2) is 9.78 Å². The summed E-state index contributed by atoms with van der Waals surface area (Å²) in [6.45, 7) is 7.17. The maximum absolute atomic E-state index is 12.5. The highest BCUT2D eigenvalue weighted by Gasteiger charge is 2.14. The van der Waals surface area contributed by atoms with Crippen LogP contribution in [0.2, 0.25) is 5.02 Å². The van der Waals surface area contributed by atoms with Gasteiger partial charge in [0, 0.05) is 23.8 Å². The van der Waals surface area contributed by atoms with E-state index in [1.807, 2.05) is 18.7 Å². The molecule has 2 N–H and O–H groups in total. The third-order valence-corrected chi connectivity index (χ3v) is 4.03. The Balaban J connectivity index is 2.26. The van der Waals surface area contributed by atoms with Gasteiger partial charge >= 0.3 is 5.97 Å². The van der Waals surface area contributed by atoms with Crippen molar-refractivity contribution >= 4 is 35.0 Å². The van der Waals surface area contributed by atoms with E-state index in [2.05, 4.69) is 10.3 Å². The Morgan fingerprint density at radius 2 is 1.88 bits per heavy atom. The predicted octanol–water partition coefficient (Wildman–Crippen LogP) is 3.84. The molecule has 0 saturated carbocycles. The van der Waals surface area contributed by atoms with Gasteiger partial charge < -0.3 is 15.3 Å². The van der Waals surface area contributed by atoms with Gasteiger partial charge in [-0.15, -0.1) is 0 Å². The number of nitrogens with one attached hydrogen (secondary N) is 1. The Morgan fingerprint density at radius 1 is 1.20 bits per heavy atom. The normalized spacial score (nSPS) is 10.4. The number of aromatic nitrogens is 1. The molecule has 7 heteroatoms. The number of amides is 1. The van der Waals surface area contributed by atoms with Crippen LogP contribution >= 0.6 is 11.6 Å². The monoisotopic (exact) mass is 361 g/mol. The molecule has 0 aliphatic carbocycles. The molecule has 0 fully saturated rings. The molecule has 2 rings (SSSR count). The first-order valence-corrected chi connectivity index (χ1v) is 8.31.